The van der Waals surface area contributed by atoms with Crippen LogP contribution >= 0.6 is 11.6 Å². The number of hydrogen-bond donors (Lipinski definition) is 1. The van der Waals surface area contributed by atoms with Gasteiger partial charge in [-0.3, -0.25) is 9.69 Å². The molecule has 0 bridgehead atoms. The number of carbonyl (C=O) groups is 2. The van der Waals surface area contributed by atoms with Crippen molar-refractivity contribution >= 4 is 23.5 Å². The number of halogens is 1. The summed E-state index contributed by atoms with van der Waals surface area (Å²) in [5.41, 5.74) is 1.28. The fraction of sp³-hybridized carbons (Fsp3) is 0.333. The second-order valence-corrected chi connectivity index (χ2v) is 7.18. The molecule has 1 heterocycles. The molecule has 7 nitrogen and oxygen atoms in total. The van der Waals surface area contributed by atoms with E-state index >= 15 is 0 Å². The summed E-state index contributed by atoms with van der Waals surface area (Å²) in [5, 5.41) is 9.76. The standard InChI is InChI=1S/C21H23ClN2O5/c1-28-19-12-16(21(26)27)4-7-18(19)29-14-20(25)24-10-8-23(9-11-24)13-15-2-5-17(22)6-3-15/h2-7,12H,8-11,13-14H2,1H3,(H,26,27). The summed E-state index contributed by atoms with van der Waals surface area (Å²) in [7, 11) is 1.43. The number of amides is 1. The number of aromatic carboxylic acids is 1. The van der Waals surface area contributed by atoms with Crippen molar-refractivity contribution in [1.82, 2.24) is 9.80 Å². The van der Waals surface area contributed by atoms with Crippen LogP contribution in [0.4, 0.5) is 0 Å². The maximum absolute atomic E-state index is 12.5. The van der Waals surface area contributed by atoms with Gasteiger partial charge in [0.2, 0.25) is 0 Å². The third kappa shape index (κ3) is 5.62. The average Bonchev–Trinajstić information content (AvgIpc) is 2.74. The van der Waals surface area contributed by atoms with E-state index < -0.39 is 5.97 Å². The van der Waals surface area contributed by atoms with Crippen LogP contribution in [-0.4, -0.2) is 66.7 Å². The molecule has 0 unspecified atom stereocenters. The highest BCUT2D eigenvalue weighted by Crippen LogP contribution is 2.28. The minimum absolute atomic E-state index is 0.0948. The third-order valence-electron chi connectivity index (χ3n) is 4.81. The summed E-state index contributed by atoms with van der Waals surface area (Å²) >= 11 is 5.92. The van der Waals surface area contributed by atoms with Crippen LogP contribution in [0.5, 0.6) is 11.5 Å². The number of carbonyl (C=O) groups excluding carboxylic acids is 1. The molecule has 3 rings (SSSR count). The second-order valence-electron chi connectivity index (χ2n) is 6.74. The van der Waals surface area contributed by atoms with Crippen LogP contribution in [-0.2, 0) is 11.3 Å². The van der Waals surface area contributed by atoms with E-state index in [9.17, 15) is 9.59 Å². The predicted molar refractivity (Wildman–Crippen MR) is 109 cm³/mol. The molecule has 0 atom stereocenters. The van der Waals surface area contributed by atoms with Crippen molar-refractivity contribution in [3.05, 3.63) is 58.6 Å². The molecular formula is C21H23ClN2O5. The van der Waals surface area contributed by atoms with Gasteiger partial charge in [-0.1, -0.05) is 23.7 Å². The van der Waals surface area contributed by atoms with Gasteiger partial charge in [-0.15, -0.1) is 0 Å². The van der Waals surface area contributed by atoms with Gasteiger partial charge in [-0.05, 0) is 35.9 Å². The molecule has 1 fully saturated rings. The number of nitrogens with zero attached hydrogens (tertiary/aromatic N) is 2. The third-order valence-corrected chi connectivity index (χ3v) is 5.06. The zero-order valence-corrected chi connectivity index (χ0v) is 16.9. The van der Waals surface area contributed by atoms with E-state index in [1.54, 1.807) is 4.90 Å². The summed E-state index contributed by atoms with van der Waals surface area (Å²) < 4.78 is 10.7. The lowest BCUT2D eigenvalue weighted by Crippen LogP contribution is -2.49. The second kappa shape index (κ2) is 9.62. The van der Waals surface area contributed by atoms with Gasteiger partial charge in [-0.2, -0.15) is 0 Å². The summed E-state index contributed by atoms with van der Waals surface area (Å²) in [6, 6.07) is 12.1. The van der Waals surface area contributed by atoms with Crippen LogP contribution in [0.1, 0.15) is 15.9 Å². The normalized spacial score (nSPS) is 14.5. The molecule has 1 amide bonds. The molecule has 2 aromatic rings. The SMILES string of the molecule is COc1cc(C(=O)O)ccc1OCC(=O)N1CCN(Cc2ccc(Cl)cc2)CC1. The number of piperazine rings is 1. The summed E-state index contributed by atoms with van der Waals surface area (Å²) in [5.74, 6) is -0.541. The molecule has 154 valence electrons. The van der Waals surface area contributed by atoms with E-state index in [0.29, 0.717) is 18.8 Å². The fourth-order valence-electron chi connectivity index (χ4n) is 3.15. The number of ether oxygens (including phenoxy) is 2. The van der Waals surface area contributed by atoms with Gasteiger partial charge in [0.1, 0.15) is 0 Å². The van der Waals surface area contributed by atoms with Gasteiger partial charge in [0.15, 0.2) is 18.1 Å². The lowest BCUT2D eigenvalue weighted by molar-refractivity contribution is -0.135. The van der Waals surface area contributed by atoms with Crippen LogP contribution in [0.25, 0.3) is 0 Å². The Labute approximate surface area is 174 Å². The number of methoxy groups -OCH3 is 1. The molecule has 0 aromatic heterocycles. The molecule has 0 saturated carbocycles. The molecule has 0 spiro atoms. The van der Waals surface area contributed by atoms with Gasteiger partial charge in [0.25, 0.3) is 5.91 Å². The Morgan fingerprint density at radius 3 is 2.34 bits per heavy atom. The molecule has 0 aliphatic carbocycles. The summed E-state index contributed by atoms with van der Waals surface area (Å²) in [4.78, 5) is 27.6. The van der Waals surface area contributed by atoms with Gasteiger partial charge >= 0.3 is 5.97 Å². The van der Waals surface area contributed by atoms with Gasteiger partial charge in [0, 0.05) is 37.7 Å². The zero-order valence-electron chi connectivity index (χ0n) is 16.1. The molecule has 1 aliphatic rings. The van der Waals surface area contributed by atoms with Crippen molar-refractivity contribution in [3.63, 3.8) is 0 Å². The van der Waals surface area contributed by atoms with Crippen molar-refractivity contribution in [3.8, 4) is 11.5 Å². The monoisotopic (exact) mass is 418 g/mol. The Morgan fingerprint density at radius 1 is 1.03 bits per heavy atom. The number of rotatable bonds is 7. The van der Waals surface area contributed by atoms with E-state index in [0.717, 1.165) is 24.7 Å². The van der Waals surface area contributed by atoms with Crippen LogP contribution in [0.3, 0.4) is 0 Å². The Hall–Kier alpha value is -2.77. The van der Waals surface area contributed by atoms with Gasteiger partial charge in [0.05, 0.1) is 12.7 Å². The molecule has 1 N–H and O–H groups in total. The number of carboxylic acids is 1. The lowest BCUT2D eigenvalue weighted by atomic mass is 10.2. The molecule has 1 saturated heterocycles. The van der Waals surface area contributed by atoms with Crippen LogP contribution in [0.15, 0.2) is 42.5 Å². The molecular weight excluding hydrogens is 396 g/mol. The smallest absolute Gasteiger partial charge is 0.335 e. The van der Waals surface area contributed by atoms with Crippen molar-refractivity contribution in [1.29, 1.82) is 0 Å². The Bertz CT molecular complexity index is 864. The first-order chi connectivity index (χ1) is 14.0. The maximum Gasteiger partial charge on any atom is 0.335 e. The van der Waals surface area contributed by atoms with Crippen molar-refractivity contribution in [2.45, 2.75) is 6.54 Å². The maximum atomic E-state index is 12.5. The summed E-state index contributed by atoms with van der Waals surface area (Å²) in [6.45, 7) is 3.52. The first-order valence-electron chi connectivity index (χ1n) is 9.25. The van der Waals surface area contributed by atoms with E-state index in [2.05, 4.69) is 4.90 Å². The minimum Gasteiger partial charge on any atom is -0.493 e. The molecule has 29 heavy (non-hydrogen) atoms. The van der Waals surface area contributed by atoms with Gasteiger partial charge < -0.3 is 19.5 Å². The molecule has 0 radical (unpaired) electrons. The number of carboxylic acid groups (broad SMARTS) is 1. The van der Waals surface area contributed by atoms with Crippen molar-refractivity contribution in [2.75, 3.05) is 39.9 Å². The lowest BCUT2D eigenvalue weighted by Gasteiger charge is -2.34. The number of hydrogen-bond acceptors (Lipinski definition) is 5. The minimum atomic E-state index is -1.05. The first-order valence-corrected chi connectivity index (χ1v) is 9.63. The first kappa shape index (κ1) is 21.0. The highest BCUT2D eigenvalue weighted by Gasteiger charge is 2.22. The molecule has 2 aromatic carbocycles. The quantitative estimate of drug-likeness (QED) is 0.744. The van der Waals surface area contributed by atoms with Crippen molar-refractivity contribution < 1.29 is 24.2 Å². The van der Waals surface area contributed by atoms with Crippen LogP contribution in [0.2, 0.25) is 5.02 Å². The highest BCUT2D eigenvalue weighted by atomic mass is 35.5. The zero-order chi connectivity index (χ0) is 20.8. The Kier molecular flexibility index (Phi) is 6.95. The Balaban J connectivity index is 1.48. The number of benzene rings is 2. The fourth-order valence-corrected chi connectivity index (χ4v) is 3.28. The summed E-state index contributed by atoms with van der Waals surface area (Å²) in [6.07, 6.45) is 0. The highest BCUT2D eigenvalue weighted by molar-refractivity contribution is 6.30. The molecule has 8 heteroatoms. The largest absolute Gasteiger partial charge is 0.493 e. The van der Waals surface area contributed by atoms with E-state index in [1.165, 1.54) is 30.9 Å². The topological polar surface area (TPSA) is 79.3 Å². The molecule has 1 aliphatic heterocycles. The van der Waals surface area contributed by atoms with E-state index in [1.807, 2.05) is 24.3 Å². The average molecular weight is 419 g/mol. The van der Waals surface area contributed by atoms with Crippen LogP contribution in [0, 0.1) is 0 Å². The van der Waals surface area contributed by atoms with Crippen molar-refractivity contribution in [2.24, 2.45) is 0 Å². The predicted octanol–water partition coefficient (Wildman–Crippen LogP) is 2.77. The Morgan fingerprint density at radius 2 is 1.72 bits per heavy atom. The van der Waals surface area contributed by atoms with E-state index in [4.69, 9.17) is 26.2 Å². The van der Waals surface area contributed by atoms with E-state index in [-0.39, 0.29) is 23.8 Å². The van der Waals surface area contributed by atoms with Gasteiger partial charge in [-0.25, -0.2) is 4.79 Å². The van der Waals surface area contributed by atoms with Crippen LogP contribution < -0.4 is 9.47 Å².